The van der Waals surface area contributed by atoms with Crippen LogP contribution in [0.1, 0.15) is 36.6 Å². The number of hydrogen-bond acceptors (Lipinski definition) is 6. The third kappa shape index (κ3) is 3.96. The number of aliphatic hydroxyl groups excluding tert-OH is 1. The second-order valence-electron chi connectivity index (χ2n) is 7.59. The van der Waals surface area contributed by atoms with Gasteiger partial charge in [-0.1, -0.05) is 29.8 Å². The summed E-state index contributed by atoms with van der Waals surface area (Å²) in [6, 6.07) is 13.6. The van der Waals surface area contributed by atoms with Crippen LogP contribution in [0.2, 0.25) is 0 Å². The maximum absolute atomic E-state index is 13.0. The normalized spacial score (nSPS) is 18.1. The third-order valence-corrected chi connectivity index (χ3v) is 5.73. The van der Waals surface area contributed by atoms with Crippen LogP contribution in [0.5, 0.6) is 5.75 Å². The molecule has 1 atom stereocenters. The molecule has 31 heavy (non-hydrogen) atoms. The van der Waals surface area contributed by atoms with E-state index in [-0.39, 0.29) is 17.4 Å². The molecular weight excluding hydrogens is 412 g/mol. The first kappa shape index (κ1) is 20.8. The van der Waals surface area contributed by atoms with Gasteiger partial charge in [-0.25, -0.2) is 4.98 Å². The van der Waals surface area contributed by atoms with Crippen molar-refractivity contribution in [1.29, 1.82) is 0 Å². The Balaban J connectivity index is 1.84. The van der Waals surface area contributed by atoms with E-state index >= 15 is 0 Å². The van der Waals surface area contributed by atoms with Crippen molar-refractivity contribution in [3.63, 3.8) is 0 Å². The topological polar surface area (TPSA) is 79.7 Å². The predicted molar refractivity (Wildman–Crippen MR) is 120 cm³/mol. The van der Waals surface area contributed by atoms with Crippen molar-refractivity contribution in [3.8, 4) is 5.75 Å². The highest BCUT2D eigenvalue weighted by molar-refractivity contribution is 7.14. The van der Waals surface area contributed by atoms with Gasteiger partial charge in [0.1, 0.15) is 11.5 Å². The molecule has 2 aromatic carbocycles. The molecule has 7 heteroatoms. The molecule has 6 nitrogen and oxygen atoms in total. The number of aromatic nitrogens is 1. The average molecular weight is 435 g/mol. The van der Waals surface area contributed by atoms with Crippen molar-refractivity contribution in [2.24, 2.45) is 0 Å². The quantitative estimate of drug-likeness (QED) is 0.352. The molecule has 1 N–H and O–H groups in total. The smallest absolute Gasteiger partial charge is 0.301 e. The lowest BCUT2D eigenvalue weighted by molar-refractivity contribution is -0.132. The van der Waals surface area contributed by atoms with E-state index in [0.717, 1.165) is 11.1 Å². The number of anilines is 1. The summed E-state index contributed by atoms with van der Waals surface area (Å²) in [6.45, 7) is 5.81. The van der Waals surface area contributed by atoms with Crippen LogP contribution in [-0.2, 0) is 9.59 Å². The zero-order chi connectivity index (χ0) is 22.1. The minimum atomic E-state index is -0.765. The molecule has 0 spiro atoms. The lowest BCUT2D eigenvalue weighted by atomic mass is 9.95. The Hall–Kier alpha value is -3.45. The highest BCUT2D eigenvalue weighted by atomic mass is 32.1. The van der Waals surface area contributed by atoms with Crippen LogP contribution < -0.4 is 9.64 Å². The van der Waals surface area contributed by atoms with Gasteiger partial charge in [-0.15, -0.1) is 11.3 Å². The molecule has 1 aromatic heterocycles. The standard InChI is InChI=1S/C24H22N2O4S/c1-14(2)30-18-10-8-17(9-11-18)21(27)19-20(16-6-4-15(3)5-7-16)26(23(29)22(19)28)24-25-12-13-31-24/h4-14,20,27H,1-3H3/b21-19-. The van der Waals surface area contributed by atoms with Crippen molar-refractivity contribution < 1.29 is 19.4 Å². The van der Waals surface area contributed by atoms with Gasteiger partial charge in [0.05, 0.1) is 17.7 Å². The van der Waals surface area contributed by atoms with E-state index < -0.39 is 17.7 Å². The molecule has 1 saturated heterocycles. The molecule has 1 amide bonds. The molecule has 158 valence electrons. The van der Waals surface area contributed by atoms with Crippen LogP contribution in [-0.4, -0.2) is 27.9 Å². The van der Waals surface area contributed by atoms with Crippen LogP contribution in [0.3, 0.4) is 0 Å². The van der Waals surface area contributed by atoms with Gasteiger partial charge >= 0.3 is 5.91 Å². The fourth-order valence-electron chi connectivity index (χ4n) is 3.55. The number of aliphatic hydroxyl groups is 1. The first-order valence-corrected chi connectivity index (χ1v) is 10.8. The minimum Gasteiger partial charge on any atom is -0.507 e. The van der Waals surface area contributed by atoms with E-state index in [1.54, 1.807) is 35.8 Å². The van der Waals surface area contributed by atoms with E-state index in [4.69, 9.17) is 4.74 Å². The molecule has 1 aliphatic rings. The summed E-state index contributed by atoms with van der Waals surface area (Å²) < 4.78 is 5.65. The van der Waals surface area contributed by atoms with Crippen LogP contribution in [0, 0.1) is 6.92 Å². The van der Waals surface area contributed by atoms with Gasteiger partial charge in [0, 0.05) is 17.1 Å². The molecule has 1 unspecified atom stereocenters. The minimum absolute atomic E-state index is 0.0182. The monoisotopic (exact) mass is 434 g/mol. The largest absolute Gasteiger partial charge is 0.507 e. The predicted octanol–water partition coefficient (Wildman–Crippen LogP) is 4.87. The second kappa shape index (κ2) is 8.35. The number of benzene rings is 2. The molecule has 0 bridgehead atoms. The number of carbonyl (C=O) groups is 2. The summed E-state index contributed by atoms with van der Waals surface area (Å²) in [4.78, 5) is 31.6. The van der Waals surface area contributed by atoms with Gasteiger partial charge in [-0.05, 0) is 50.6 Å². The van der Waals surface area contributed by atoms with Crippen molar-refractivity contribution in [1.82, 2.24) is 4.98 Å². The fourth-order valence-corrected chi connectivity index (χ4v) is 4.21. The molecule has 0 radical (unpaired) electrons. The van der Waals surface area contributed by atoms with E-state index in [9.17, 15) is 14.7 Å². The number of carbonyl (C=O) groups excluding carboxylic acids is 2. The highest BCUT2D eigenvalue weighted by Crippen LogP contribution is 2.42. The van der Waals surface area contributed by atoms with Crippen molar-refractivity contribution in [3.05, 3.63) is 82.4 Å². The maximum atomic E-state index is 13.0. The molecule has 1 aliphatic heterocycles. The highest BCUT2D eigenvalue weighted by Gasteiger charge is 2.47. The first-order valence-electron chi connectivity index (χ1n) is 9.91. The lowest BCUT2D eigenvalue weighted by Crippen LogP contribution is -2.29. The molecule has 4 rings (SSSR count). The van der Waals surface area contributed by atoms with E-state index in [1.165, 1.54) is 16.2 Å². The summed E-state index contributed by atoms with van der Waals surface area (Å²) >= 11 is 1.27. The number of hydrogen-bond donors (Lipinski definition) is 1. The zero-order valence-electron chi connectivity index (χ0n) is 17.4. The number of ketones is 1. The Morgan fingerprint density at radius 2 is 1.77 bits per heavy atom. The number of Topliss-reactive ketones (excluding diaryl/α,β-unsaturated/α-hetero) is 1. The Kier molecular flexibility index (Phi) is 5.61. The summed E-state index contributed by atoms with van der Waals surface area (Å²) in [5, 5.41) is 13.3. The number of nitrogens with zero attached hydrogens (tertiary/aromatic N) is 2. The molecule has 2 heterocycles. The van der Waals surface area contributed by atoms with E-state index in [2.05, 4.69) is 4.98 Å². The zero-order valence-corrected chi connectivity index (χ0v) is 18.2. The van der Waals surface area contributed by atoms with E-state index in [1.807, 2.05) is 45.0 Å². The molecule has 0 saturated carbocycles. The second-order valence-corrected chi connectivity index (χ2v) is 8.46. The Morgan fingerprint density at radius 1 is 1.10 bits per heavy atom. The third-order valence-electron chi connectivity index (χ3n) is 4.96. The van der Waals surface area contributed by atoms with Gasteiger partial charge in [-0.3, -0.25) is 14.5 Å². The number of aryl methyl sites for hydroxylation is 1. The van der Waals surface area contributed by atoms with Crippen LogP contribution in [0.25, 0.3) is 5.76 Å². The fraction of sp³-hybridized carbons (Fsp3) is 0.208. The first-order chi connectivity index (χ1) is 14.9. The molecule has 0 aliphatic carbocycles. The van der Waals surface area contributed by atoms with Gasteiger partial charge in [0.25, 0.3) is 5.78 Å². The summed E-state index contributed by atoms with van der Waals surface area (Å²) in [5.41, 5.74) is 2.25. The summed E-state index contributed by atoms with van der Waals surface area (Å²) in [5.74, 6) is -1.01. The molecule has 1 fully saturated rings. The number of ether oxygens (including phenoxy) is 1. The van der Waals surface area contributed by atoms with Crippen LogP contribution in [0.15, 0.2) is 65.7 Å². The van der Waals surface area contributed by atoms with Crippen LogP contribution >= 0.6 is 11.3 Å². The van der Waals surface area contributed by atoms with Crippen molar-refractivity contribution in [2.75, 3.05) is 4.90 Å². The number of rotatable bonds is 5. The number of amides is 1. The van der Waals surface area contributed by atoms with Gasteiger partial charge in [-0.2, -0.15) is 0 Å². The summed E-state index contributed by atoms with van der Waals surface area (Å²) in [7, 11) is 0. The van der Waals surface area contributed by atoms with Gasteiger partial charge in [0.2, 0.25) is 0 Å². The van der Waals surface area contributed by atoms with Gasteiger partial charge < -0.3 is 9.84 Å². The van der Waals surface area contributed by atoms with Gasteiger partial charge in [0.15, 0.2) is 5.13 Å². The maximum Gasteiger partial charge on any atom is 0.301 e. The number of thiazole rings is 1. The average Bonchev–Trinajstić information content (AvgIpc) is 3.35. The molecule has 3 aromatic rings. The Bertz CT molecular complexity index is 1130. The Morgan fingerprint density at radius 3 is 2.35 bits per heavy atom. The summed E-state index contributed by atoms with van der Waals surface area (Å²) in [6.07, 6.45) is 1.60. The van der Waals surface area contributed by atoms with Crippen molar-refractivity contribution in [2.45, 2.75) is 32.9 Å². The van der Waals surface area contributed by atoms with E-state index in [0.29, 0.717) is 16.4 Å². The van der Waals surface area contributed by atoms with Crippen molar-refractivity contribution >= 4 is 33.9 Å². The van der Waals surface area contributed by atoms with Crippen LogP contribution in [0.4, 0.5) is 5.13 Å². The molecular formula is C24H22N2O4S. The SMILES string of the molecule is Cc1ccc(C2/C(=C(/O)c3ccc(OC(C)C)cc3)C(=O)C(=O)N2c2nccs2)cc1. The lowest BCUT2D eigenvalue weighted by Gasteiger charge is -2.23. The Labute approximate surface area is 184 Å².